The molecule has 2 aromatic rings. The first-order chi connectivity index (χ1) is 10.1. The van der Waals surface area contributed by atoms with Crippen molar-refractivity contribution in [1.82, 2.24) is 15.1 Å². The Hall–Kier alpha value is -2.21. The number of nitrogens with two attached hydrogens (primary N) is 1. The Balaban J connectivity index is 1.64. The quantitative estimate of drug-likeness (QED) is 0.883. The third-order valence-electron chi connectivity index (χ3n) is 3.64. The third-order valence-corrected chi connectivity index (χ3v) is 3.89. The van der Waals surface area contributed by atoms with Crippen LogP contribution in [0.15, 0.2) is 30.5 Å². The summed E-state index contributed by atoms with van der Waals surface area (Å²) in [5.41, 5.74) is 7.59. The van der Waals surface area contributed by atoms with Crippen LogP contribution in [0.4, 0.5) is 11.4 Å². The lowest BCUT2D eigenvalue weighted by atomic mass is 10.2. The number of nitrogen functional groups attached to an aromatic ring is 1. The molecule has 1 aromatic heterocycles. The van der Waals surface area contributed by atoms with Gasteiger partial charge in [-0.15, -0.1) is 0 Å². The number of carbonyl (C=O) groups is 1. The maximum atomic E-state index is 12.3. The number of amides is 1. The van der Waals surface area contributed by atoms with Crippen LogP contribution in [0.3, 0.4) is 0 Å². The number of nitrogens with one attached hydrogen (secondary N) is 1. The second-order valence-electron chi connectivity index (χ2n) is 4.96. The number of hydrogen-bond acceptors (Lipinski definition) is 4. The minimum absolute atomic E-state index is 0.0965. The molecule has 0 unspecified atom stereocenters. The summed E-state index contributed by atoms with van der Waals surface area (Å²) in [5, 5.41) is 7.17. The molecule has 7 heteroatoms. The zero-order valence-corrected chi connectivity index (χ0v) is 12.2. The summed E-state index contributed by atoms with van der Waals surface area (Å²) in [7, 11) is 0. The highest BCUT2D eigenvalue weighted by molar-refractivity contribution is 6.30. The van der Waals surface area contributed by atoms with E-state index in [1.807, 2.05) is 24.3 Å². The molecule has 0 radical (unpaired) electrons. The van der Waals surface area contributed by atoms with Crippen LogP contribution in [0, 0.1) is 0 Å². The lowest BCUT2D eigenvalue weighted by molar-refractivity contribution is 0.0742. The molecule has 1 fully saturated rings. The van der Waals surface area contributed by atoms with Gasteiger partial charge in [-0.2, -0.15) is 5.10 Å². The molecule has 3 N–H and O–H groups in total. The Bertz CT molecular complexity index is 631. The summed E-state index contributed by atoms with van der Waals surface area (Å²) in [4.78, 5) is 16.3. The van der Waals surface area contributed by atoms with E-state index in [1.54, 1.807) is 4.90 Å². The molecule has 1 amide bonds. The minimum atomic E-state index is -0.0965. The van der Waals surface area contributed by atoms with Gasteiger partial charge in [0.1, 0.15) is 5.69 Å². The van der Waals surface area contributed by atoms with E-state index >= 15 is 0 Å². The number of benzene rings is 1. The van der Waals surface area contributed by atoms with Crippen molar-refractivity contribution in [3.05, 3.63) is 41.2 Å². The van der Waals surface area contributed by atoms with E-state index in [9.17, 15) is 4.79 Å². The van der Waals surface area contributed by atoms with Gasteiger partial charge in [-0.3, -0.25) is 9.89 Å². The number of anilines is 2. The first kappa shape index (κ1) is 13.8. The molecule has 0 aliphatic carbocycles. The van der Waals surface area contributed by atoms with Crippen molar-refractivity contribution in [3.63, 3.8) is 0 Å². The molecular weight excluding hydrogens is 290 g/mol. The van der Waals surface area contributed by atoms with E-state index in [4.69, 9.17) is 17.3 Å². The molecule has 1 saturated heterocycles. The van der Waals surface area contributed by atoms with E-state index in [0.29, 0.717) is 24.5 Å². The number of nitrogens with zero attached hydrogens (tertiary/aromatic N) is 3. The summed E-state index contributed by atoms with van der Waals surface area (Å²) in [6, 6.07) is 7.73. The largest absolute Gasteiger partial charge is 0.396 e. The third kappa shape index (κ3) is 2.80. The number of hydrogen-bond donors (Lipinski definition) is 2. The fourth-order valence-corrected chi connectivity index (χ4v) is 2.57. The number of aromatic nitrogens is 2. The number of carbonyl (C=O) groups excluding carboxylic acids is 1. The molecule has 0 spiro atoms. The molecule has 0 bridgehead atoms. The maximum Gasteiger partial charge on any atom is 0.274 e. The standard InChI is InChI=1S/C14H16ClN5O/c15-10-1-3-11(4-2-10)19-5-7-20(8-6-19)14(21)13-12(16)9-17-18-13/h1-4,9H,5-8,16H2,(H,17,18). The van der Waals surface area contributed by atoms with Crippen molar-refractivity contribution >= 4 is 28.9 Å². The van der Waals surface area contributed by atoms with Crippen LogP contribution in [-0.4, -0.2) is 47.2 Å². The molecule has 3 rings (SSSR count). The normalized spacial score (nSPS) is 15.3. The predicted molar refractivity (Wildman–Crippen MR) is 82.6 cm³/mol. The monoisotopic (exact) mass is 305 g/mol. The Morgan fingerprint density at radius 2 is 1.86 bits per heavy atom. The summed E-state index contributed by atoms with van der Waals surface area (Å²) < 4.78 is 0. The molecule has 0 atom stereocenters. The predicted octanol–water partition coefficient (Wildman–Crippen LogP) is 1.61. The molecule has 1 aliphatic rings. The smallest absolute Gasteiger partial charge is 0.274 e. The molecule has 1 aromatic carbocycles. The Morgan fingerprint density at radius 1 is 1.19 bits per heavy atom. The molecule has 0 saturated carbocycles. The number of aromatic amines is 1. The number of rotatable bonds is 2. The van der Waals surface area contributed by atoms with Crippen molar-refractivity contribution in [2.24, 2.45) is 0 Å². The molecule has 6 nitrogen and oxygen atoms in total. The van der Waals surface area contributed by atoms with Crippen LogP contribution >= 0.6 is 11.6 Å². The SMILES string of the molecule is Nc1cn[nH]c1C(=O)N1CCN(c2ccc(Cl)cc2)CC1. The van der Waals surface area contributed by atoms with Gasteiger partial charge in [0.15, 0.2) is 0 Å². The molecule has 110 valence electrons. The fourth-order valence-electron chi connectivity index (χ4n) is 2.44. The Morgan fingerprint density at radius 3 is 2.43 bits per heavy atom. The van der Waals surface area contributed by atoms with Gasteiger partial charge in [0.25, 0.3) is 5.91 Å². The Kier molecular flexibility index (Phi) is 3.70. The highest BCUT2D eigenvalue weighted by atomic mass is 35.5. The van der Waals surface area contributed by atoms with Crippen LogP contribution in [0.25, 0.3) is 0 Å². The van der Waals surface area contributed by atoms with E-state index in [0.717, 1.165) is 23.8 Å². The van der Waals surface area contributed by atoms with Crippen LogP contribution in [-0.2, 0) is 0 Å². The van der Waals surface area contributed by atoms with E-state index in [2.05, 4.69) is 15.1 Å². The van der Waals surface area contributed by atoms with E-state index in [-0.39, 0.29) is 5.91 Å². The highest BCUT2D eigenvalue weighted by Gasteiger charge is 2.24. The Labute approximate surface area is 127 Å². The zero-order valence-electron chi connectivity index (χ0n) is 11.4. The van der Waals surface area contributed by atoms with E-state index < -0.39 is 0 Å². The van der Waals surface area contributed by atoms with Gasteiger partial charge in [0.2, 0.25) is 0 Å². The second-order valence-corrected chi connectivity index (χ2v) is 5.39. The lowest BCUT2D eigenvalue weighted by Crippen LogP contribution is -2.49. The summed E-state index contributed by atoms with van der Waals surface area (Å²) >= 11 is 5.89. The van der Waals surface area contributed by atoms with Gasteiger partial charge < -0.3 is 15.5 Å². The molecule has 21 heavy (non-hydrogen) atoms. The van der Waals surface area contributed by atoms with Crippen LogP contribution in [0.5, 0.6) is 0 Å². The van der Waals surface area contributed by atoms with E-state index in [1.165, 1.54) is 6.20 Å². The van der Waals surface area contributed by atoms with Gasteiger partial charge in [-0.05, 0) is 24.3 Å². The van der Waals surface area contributed by atoms with Crippen molar-refractivity contribution < 1.29 is 4.79 Å². The van der Waals surface area contributed by atoms with Crippen molar-refractivity contribution in [1.29, 1.82) is 0 Å². The molecule has 2 heterocycles. The van der Waals surface area contributed by atoms with Gasteiger partial charge in [-0.25, -0.2) is 0 Å². The van der Waals surface area contributed by atoms with Gasteiger partial charge in [-0.1, -0.05) is 11.6 Å². The maximum absolute atomic E-state index is 12.3. The topological polar surface area (TPSA) is 78.2 Å². The van der Waals surface area contributed by atoms with Crippen molar-refractivity contribution in [2.45, 2.75) is 0 Å². The lowest BCUT2D eigenvalue weighted by Gasteiger charge is -2.36. The molecule has 1 aliphatic heterocycles. The first-order valence-electron chi connectivity index (χ1n) is 6.74. The summed E-state index contributed by atoms with van der Waals surface area (Å²) in [6.07, 6.45) is 1.46. The van der Waals surface area contributed by atoms with Gasteiger partial charge >= 0.3 is 0 Å². The first-order valence-corrected chi connectivity index (χ1v) is 7.11. The van der Waals surface area contributed by atoms with Gasteiger partial charge in [0.05, 0.1) is 11.9 Å². The van der Waals surface area contributed by atoms with Crippen LogP contribution in [0.2, 0.25) is 5.02 Å². The van der Waals surface area contributed by atoms with Gasteiger partial charge in [0, 0.05) is 36.9 Å². The summed E-state index contributed by atoms with van der Waals surface area (Å²) in [5.74, 6) is -0.0965. The average Bonchev–Trinajstić information content (AvgIpc) is 2.94. The minimum Gasteiger partial charge on any atom is -0.396 e. The summed E-state index contributed by atoms with van der Waals surface area (Å²) in [6.45, 7) is 2.86. The number of H-pyrrole nitrogens is 1. The van der Waals surface area contributed by atoms with Crippen molar-refractivity contribution in [2.75, 3.05) is 36.8 Å². The zero-order chi connectivity index (χ0) is 14.8. The second kappa shape index (κ2) is 5.65. The fraction of sp³-hybridized carbons (Fsp3) is 0.286. The van der Waals surface area contributed by atoms with Crippen LogP contribution in [0.1, 0.15) is 10.5 Å². The van der Waals surface area contributed by atoms with Crippen molar-refractivity contribution in [3.8, 4) is 0 Å². The van der Waals surface area contributed by atoms with Crippen LogP contribution < -0.4 is 10.6 Å². The highest BCUT2D eigenvalue weighted by Crippen LogP contribution is 2.20. The average molecular weight is 306 g/mol. The number of halogens is 1. The molecular formula is C14H16ClN5O. The number of piperazine rings is 1.